The third-order valence-corrected chi connectivity index (χ3v) is 5.63. The lowest BCUT2D eigenvalue weighted by molar-refractivity contribution is 0.0696. The Morgan fingerprint density at radius 3 is 2.81 bits per heavy atom. The molecule has 27 heavy (non-hydrogen) atoms. The van der Waals surface area contributed by atoms with Crippen molar-refractivity contribution >= 4 is 21.7 Å². The highest BCUT2D eigenvalue weighted by atomic mass is 32.2. The van der Waals surface area contributed by atoms with Crippen LogP contribution < -0.4 is 10.0 Å². The molecule has 1 fully saturated rings. The van der Waals surface area contributed by atoms with Gasteiger partial charge in [0.1, 0.15) is 4.90 Å². The predicted octanol–water partition coefficient (Wildman–Crippen LogP) is 2.07. The van der Waals surface area contributed by atoms with Crippen LogP contribution in [0.15, 0.2) is 23.1 Å². The van der Waals surface area contributed by atoms with Crippen LogP contribution in [-0.4, -0.2) is 58.0 Å². The van der Waals surface area contributed by atoms with Gasteiger partial charge in [0.25, 0.3) is 0 Å². The number of carbonyl (C=O) groups is 1. The Labute approximate surface area is 160 Å². The van der Waals surface area contributed by atoms with Crippen LogP contribution in [-0.2, 0) is 19.5 Å². The second-order valence-electron chi connectivity index (χ2n) is 6.70. The molecule has 0 unspecified atom stereocenters. The summed E-state index contributed by atoms with van der Waals surface area (Å²) in [5.41, 5.74) is 0.280. The second kappa shape index (κ2) is 10.0. The Morgan fingerprint density at radius 2 is 2.19 bits per heavy atom. The van der Waals surface area contributed by atoms with Crippen LogP contribution in [0, 0.1) is 0 Å². The first kappa shape index (κ1) is 21.6. The topological polar surface area (TPSA) is 114 Å². The molecule has 1 aliphatic heterocycles. The van der Waals surface area contributed by atoms with Gasteiger partial charge >= 0.3 is 5.97 Å². The number of rotatable bonds is 11. The monoisotopic (exact) mass is 400 g/mol. The summed E-state index contributed by atoms with van der Waals surface area (Å²) in [4.78, 5) is 11.2. The van der Waals surface area contributed by atoms with Gasteiger partial charge in [-0.3, -0.25) is 0 Å². The first-order valence-corrected chi connectivity index (χ1v) is 10.6. The molecule has 0 radical (unpaired) electrons. The van der Waals surface area contributed by atoms with Crippen LogP contribution in [0.2, 0.25) is 0 Å². The average Bonchev–Trinajstić information content (AvgIpc) is 3.12. The van der Waals surface area contributed by atoms with E-state index in [1.165, 1.54) is 18.2 Å². The molecule has 0 bridgehead atoms. The van der Waals surface area contributed by atoms with E-state index in [9.17, 15) is 18.3 Å². The van der Waals surface area contributed by atoms with Crippen molar-refractivity contribution in [1.82, 2.24) is 4.72 Å². The fourth-order valence-electron chi connectivity index (χ4n) is 2.73. The van der Waals surface area contributed by atoms with Gasteiger partial charge in [0.15, 0.2) is 0 Å². The minimum absolute atomic E-state index is 0.0286. The maximum absolute atomic E-state index is 12.7. The minimum Gasteiger partial charge on any atom is -0.478 e. The van der Waals surface area contributed by atoms with E-state index < -0.39 is 16.0 Å². The fraction of sp³-hybridized carbons (Fsp3) is 0.611. The van der Waals surface area contributed by atoms with Crippen LogP contribution in [0.3, 0.4) is 0 Å². The SMILES string of the molecule is CC(C)OCCCNS(=O)(=O)c1cc(C(=O)O)ccc1NC[C@H]1CCCO1. The number of carboxylic acid groups (broad SMARTS) is 1. The molecule has 152 valence electrons. The van der Waals surface area contributed by atoms with Gasteiger partial charge in [-0.05, 0) is 51.3 Å². The molecular formula is C18H28N2O6S. The van der Waals surface area contributed by atoms with Crippen LogP contribution in [0.1, 0.15) is 43.5 Å². The Kier molecular flexibility index (Phi) is 8.03. The van der Waals surface area contributed by atoms with E-state index in [4.69, 9.17) is 9.47 Å². The molecule has 3 N–H and O–H groups in total. The van der Waals surface area contributed by atoms with Gasteiger partial charge in [-0.15, -0.1) is 0 Å². The third kappa shape index (κ3) is 6.76. The number of benzene rings is 1. The summed E-state index contributed by atoms with van der Waals surface area (Å²) in [6.45, 7) is 5.64. The van der Waals surface area contributed by atoms with E-state index in [-0.39, 0.29) is 29.2 Å². The number of carboxylic acids is 1. The Balaban J connectivity index is 2.09. The maximum Gasteiger partial charge on any atom is 0.335 e. The van der Waals surface area contributed by atoms with Gasteiger partial charge in [0, 0.05) is 26.3 Å². The van der Waals surface area contributed by atoms with Crippen molar-refractivity contribution in [3.8, 4) is 0 Å². The standard InChI is InChI=1S/C18H28N2O6S/c1-13(2)25-10-4-8-20-27(23,24)17-11-14(18(21)22)6-7-16(17)19-12-15-5-3-9-26-15/h6-7,11,13,15,19-20H,3-5,8-10,12H2,1-2H3,(H,21,22)/t15-/m1/s1. The molecule has 1 aromatic rings. The average molecular weight is 400 g/mol. The number of hydrogen-bond donors (Lipinski definition) is 3. The lowest BCUT2D eigenvalue weighted by Crippen LogP contribution is -2.28. The molecule has 0 amide bonds. The van der Waals surface area contributed by atoms with Crippen molar-refractivity contribution in [2.75, 3.05) is 31.6 Å². The van der Waals surface area contributed by atoms with Gasteiger partial charge in [-0.1, -0.05) is 0 Å². The molecule has 0 spiro atoms. The highest BCUT2D eigenvalue weighted by Gasteiger charge is 2.22. The largest absolute Gasteiger partial charge is 0.478 e. The van der Waals surface area contributed by atoms with Crippen molar-refractivity contribution in [3.63, 3.8) is 0 Å². The summed E-state index contributed by atoms with van der Waals surface area (Å²) in [6.07, 6.45) is 2.53. The van der Waals surface area contributed by atoms with E-state index in [2.05, 4.69) is 10.0 Å². The zero-order chi connectivity index (χ0) is 19.9. The summed E-state index contributed by atoms with van der Waals surface area (Å²) >= 11 is 0. The molecule has 1 aromatic carbocycles. The molecule has 1 heterocycles. The molecule has 2 rings (SSSR count). The molecule has 9 heteroatoms. The van der Waals surface area contributed by atoms with Crippen LogP contribution in [0.25, 0.3) is 0 Å². The van der Waals surface area contributed by atoms with Crippen molar-refractivity contribution < 1.29 is 27.8 Å². The minimum atomic E-state index is -3.87. The smallest absolute Gasteiger partial charge is 0.335 e. The number of aromatic carboxylic acids is 1. The Morgan fingerprint density at radius 1 is 1.41 bits per heavy atom. The van der Waals surface area contributed by atoms with E-state index >= 15 is 0 Å². The Hall–Kier alpha value is -1.68. The van der Waals surface area contributed by atoms with Gasteiger partial charge in [-0.25, -0.2) is 17.9 Å². The van der Waals surface area contributed by atoms with Crippen molar-refractivity contribution in [2.45, 2.75) is 50.2 Å². The van der Waals surface area contributed by atoms with E-state index in [1.807, 2.05) is 13.8 Å². The molecule has 0 saturated carbocycles. The fourth-order valence-corrected chi connectivity index (χ4v) is 4.01. The highest BCUT2D eigenvalue weighted by Crippen LogP contribution is 2.24. The Bertz CT molecular complexity index is 729. The second-order valence-corrected chi connectivity index (χ2v) is 8.44. The zero-order valence-corrected chi connectivity index (χ0v) is 16.5. The summed E-state index contributed by atoms with van der Waals surface area (Å²) in [7, 11) is -3.87. The third-order valence-electron chi connectivity index (χ3n) is 4.13. The van der Waals surface area contributed by atoms with Gasteiger partial charge in [0.05, 0.1) is 23.5 Å². The molecule has 1 saturated heterocycles. The first-order valence-electron chi connectivity index (χ1n) is 9.13. The van der Waals surface area contributed by atoms with E-state index in [1.54, 1.807) is 0 Å². The quantitative estimate of drug-likeness (QED) is 0.487. The normalized spacial score (nSPS) is 17.4. The predicted molar refractivity (Wildman–Crippen MR) is 102 cm³/mol. The summed E-state index contributed by atoms with van der Waals surface area (Å²) in [5.74, 6) is -1.18. The molecular weight excluding hydrogens is 372 g/mol. The van der Waals surface area contributed by atoms with E-state index in [0.717, 1.165) is 12.8 Å². The molecule has 8 nitrogen and oxygen atoms in total. The lowest BCUT2D eigenvalue weighted by atomic mass is 10.2. The molecule has 0 aliphatic carbocycles. The van der Waals surface area contributed by atoms with Crippen molar-refractivity contribution in [2.24, 2.45) is 0 Å². The summed E-state index contributed by atoms with van der Waals surface area (Å²) in [6, 6.07) is 4.04. The number of nitrogens with one attached hydrogen (secondary N) is 2. The number of anilines is 1. The molecule has 1 atom stereocenters. The highest BCUT2D eigenvalue weighted by molar-refractivity contribution is 7.89. The number of sulfonamides is 1. The first-order chi connectivity index (χ1) is 12.8. The van der Waals surface area contributed by atoms with Gasteiger partial charge in [0.2, 0.25) is 10.0 Å². The maximum atomic E-state index is 12.7. The van der Waals surface area contributed by atoms with Gasteiger partial charge in [-0.2, -0.15) is 0 Å². The van der Waals surface area contributed by atoms with Crippen LogP contribution in [0.5, 0.6) is 0 Å². The summed E-state index contributed by atoms with van der Waals surface area (Å²) < 4.78 is 38.9. The number of ether oxygens (including phenoxy) is 2. The van der Waals surface area contributed by atoms with Gasteiger partial charge < -0.3 is 19.9 Å². The van der Waals surface area contributed by atoms with Crippen LogP contribution in [0.4, 0.5) is 5.69 Å². The van der Waals surface area contributed by atoms with Crippen LogP contribution >= 0.6 is 0 Å². The lowest BCUT2D eigenvalue weighted by Gasteiger charge is -2.16. The molecule has 0 aromatic heterocycles. The zero-order valence-electron chi connectivity index (χ0n) is 15.7. The van der Waals surface area contributed by atoms with E-state index in [0.29, 0.717) is 31.9 Å². The summed E-state index contributed by atoms with van der Waals surface area (Å²) in [5, 5.41) is 12.3. The van der Waals surface area contributed by atoms with Crippen molar-refractivity contribution in [3.05, 3.63) is 23.8 Å². The van der Waals surface area contributed by atoms with Crippen molar-refractivity contribution in [1.29, 1.82) is 0 Å². The number of hydrogen-bond acceptors (Lipinski definition) is 6. The molecule has 1 aliphatic rings.